The Morgan fingerprint density at radius 1 is 1.39 bits per heavy atom. The highest BCUT2D eigenvalue weighted by Crippen LogP contribution is 2.26. The van der Waals surface area contributed by atoms with Crippen LogP contribution in [0.5, 0.6) is 0 Å². The number of likely N-dealkylation sites (tertiary alicyclic amines) is 1. The van der Waals surface area contributed by atoms with E-state index in [9.17, 15) is 4.79 Å². The maximum atomic E-state index is 12.5. The third kappa shape index (κ3) is 3.46. The van der Waals surface area contributed by atoms with Gasteiger partial charge in [0.25, 0.3) is 0 Å². The van der Waals surface area contributed by atoms with Gasteiger partial charge in [0.15, 0.2) is 0 Å². The zero-order valence-electron chi connectivity index (χ0n) is 14.2. The molecule has 1 aliphatic rings. The number of aryl methyl sites for hydroxylation is 4. The summed E-state index contributed by atoms with van der Waals surface area (Å²) < 4.78 is 3.99. The fourth-order valence-electron chi connectivity index (χ4n) is 3.42. The van der Waals surface area contributed by atoms with Crippen molar-refractivity contribution < 1.29 is 4.79 Å². The van der Waals surface area contributed by atoms with Crippen LogP contribution >= 0.6 is 0 Å². The molecule has 2 aromatic rings. The van der Waals surface area contributed by atoms with Crippen molar-refractivity contribution in [3.05, 3.63) is 35.7 Å². The lowest BCUT2D eigenvalue weighted by Gasteiger charge is -2.32. The number of imidazole rings is 1. The predicted octanol–water partition coefficient (Wildman–Crippen LogP) is 2.03. The van der Waals surface area contributed by atoms with Crippen molar-refractivity contribution in [2.24, 2.45) is 7.05 Å². The first kappa shape index (κ1) is 15.8. The molecule has 1 saturated heterocycles. The second-order valence-corrected chi connectivity index (χ2v) is 6.48. The van der Waals surface area contributed by atoms with Crippen molar-refractivity contribution in [1.29, 1.82) is 0 Å². The van der Waals surface area contributed by atoms with Crippen LogP contribution in [0.3, 0.4) is 0 Å². The van der Waals surface area contributed by atoms with Gasteiger partial charge in [-0.2, -0.15) is 5.10 Å². The minimum absolute atomic E-state index is 0.218. The second-order valence-electron chi connectivity index (χ2n) is 6.48. The Morgan fingerprint density at radius 2 is 2.22 bits per heavy atom. The number of carbonyl (C=O) groups excluding carboxylic acids is 1. The molecular formula is C17H25N5O. The maximum absolute atomic E-state index is 12.5. The highest BCUT2D eigenvalue weighted by molar-refractivity contribution is 5.76. The van der Waals surface area contributed by atoms with E-state index < -0.39 is 0 Å². The first-order valence-corrected chi connectivity index (χ1v) is 8.30. The maximum Gasteiger partial charge on any atom is 0.224 e. The van der Waals surface area contributed by atoms with Gasteiger partial charge in [0, 0.05) is 57.1 Å². The molecule has 3 heterocycles. The van der Waals surface area contributed by atoms with Gasteiger partial charge >= 0.3 is 0 Å². The second kappa shape index (κ2) is 6.56. The number of piperidine rings is 1. The van der Waals surface area contributed by atoms with Gasteiger partial charge in [0.2, 0.25) is 5.91 Å². The quantitative estimate of drug-likeness (QED) is 0.867. The molecule has 1 aliphatic heterocycles. The molecule has 0 spiro atoms. The Labute approximate surface area is 137 Å². The summed E-state index contributed by atoms with van der Waals surface area (Å²) >= 11 is 0. The first-order valence-electron chi connectivity index (χ1n) is 8.30. The number of hydrogen-bond donors (Lipinski definition) is 0. The summed E-state index contributed by atoms with van der Waals surface area (Å²) in [6, 6.07) is 1.96. The largest absolute Gasteiger partial charge is 0.342 e. The van der Waals surface area contributed by atoms with E-state index >= 15 is 0 Å². The summed E-state index contributed by atoms with van der Waals surface area (Å²) in [5, 5.41) is 4.24. The average molecular weight is 315 g/mol. The van der Waals surface area contributed by atoms with Crippen LogP contribution in [0.1, 0.15) is 42.4 Å². The molecule has 6 nitrogen and oxygen atoms in total. The molecule has 2 aromatic heterocycles. The Morgan fingerprint density at radius 3 is 2.87 bits per heavy atom. The summed E-state index contributed by atoms with van der Waals surface area (Å²) in [6.45, 7) is 6.32. The molecule has 0 N–H and O–H groups in total. The molecule has 0 aliphatic carbocycles. The van der Waals surface area contributed by atoms with Crippen molar-refractivity contribution in [2.45, 2.75) is 45.6 Å². The van der Waals surface area contributed by atoms with Gasteiger partial charge < -0.3 is 9.47 Å². The Hall–Kier alpha value is -2.11. The Kier molecular flexibility index (Phi) is 4.50. The van der Waals surface area contributed by atoms with Gasteiger partial charge in [-0.15, -0.1) is 0 Å². The van der Waals surface area contributed by atoms with Crippen LogP contribution in [0.25, 0.3) is 0 Å². The van der Waals surface area contributed by atoms with Gasteiger partial charge in [0.1, 0.15) is 5.82 Å². The van der Waals surface area contributed by atoms with Gasteiger partial charge in [-0.05, 0) is 32.8 Å². The van der Waals surface area contributed by atoms with Crippen molar-refractivity contribution in [3.8, 4) is 0 Å². The van der Waals surface area contributed by atoms with Crippen LogP contribution in [-0.4, -0.2) is 43.2 Å². The summed E-state index contributed by atoms with van der Waals surface area (Å²) in [5.41, 5.74) is 2.14. The standard InChI is InChI=1S/C17H25N5O/c1-13-11-20(3)17(19-13)15-5-4-9-21(12-15)16(23)7-10-22-14(2)6-8-18-22/h6,8,11,15H,4-5,7,9-10,12H2,1-3H3/t15-/m1/s1. The van der Waals surface area contributed by atoms with Crippen molar-refractivity contribution in [1.82, 2.24) is 24.2 Å². The fraction of sp³-hybridized carbons (Fsp3) is 0.588. The third-order valence-corrected chi connectivity index (χ3v) is 4.64. The Balaban J connectivity index is 1.60. The van der Waals surface area contributed by atoms with Crippen LogP contribution in [-0.2, 0) is 18.4 Å². The van der Waals surface area contributed by atoms with Gasteiger partial charge in [-0.25, -0.2) is 4.98 Å². The molecule has 3 rings (SSSR count). The van der Waals surface area contributed by atoms with Crippen LogP contribution in [0, 0.1) is 13.8 Å². The molecule has 1 amide bonds. The minimum Gasteiger partial charge on any atom is -0.342 e. The lowest BCUT2D eigenvalue weighted by molar-refractivity contribution is -0.132. The topological polar surface area (TPSA) is 56.0 Å². The molecule has 0 unspecified atom stereocenters. The fourth-order valence-corrected chi connectivity index (χ4v) is 3.42. The van der Waals surface area contributed by atoms with Crippen molar-refractivity contribution in [3.63, 3.8) is 0 Å². The molecule has 0 saturated carbocycles. The molecule has 6 heteroatoms. The summed E-state index contributed by atoms with van der Waals surface area (Å²) in [4.78, 5) is 19.2. The third-order valence-electron chi connectivity index (χ3n) is 4.64. The zero-order valence-corrected chi connectivity index (χ0v) is 14.2. The molecule has 0 aromatic carbocycles. The highest BCUT2D eigenvalue weighted by atomic mass is 16.2. The van der Waals surface area contributed by atoms with E-state index in [0.29, 0.717) is 18.9 Å². The van der Waals surface area contributed by atoms with E-state index in [1.807, 2.05) is 36.5 Å². The molecule has 0 bridgehead atoms. The van der Waals surface area contributed by atoms with Crippen molar-refractivity contribution in [2.75, 3.05) is 13.1 Å². The number of rotatable bonds is 4. The van der Waals surface area contributed by atoms with Crippen LogP contribution < -0.4 is 0 Å². The number of nitrogens with zero attached hydrogens (tertiary/aromatic N) is 5. The van der Waals surface area contributed by atoms with Gasteiger partial charge in [0.05, 0.1) is 5.69 Å². The van der Waals surface area contributed by atoms with E-state index in [2.05, 4.69) is 20.8 Å². The number of carbonyl (C=O) groups is 1. The molecule has 1 fully saturated rings. The molecule has 0 radical (unpaired) electrons. The predicted molar refractivity (Wildman–Crippen MR) is 88.1 cm³/mol. The van der Waals surface area contributed by atoms with E-state index in [1.54, 1.807) is 6.20 Å². The number of hydrogen-bond acceptors (Lipinski definition) is 3. The van der Waals surface area contributed by atoms with E-state index in [1.165, 1.54) is 0 Å². The Bertz CT molecular complexity index is 687. The summed E-state index contributed by atoms with van der Waals surface area (Å²) in [6.07, 6.45) is 6.49. The SMILES string of the molecule is Cc1cn(C)c([C@@H]2CCCN(C(=O)CCn3nccc3C)C2)n1. The monoisotopic (exact) mass is 315 g/mol. The van der Waals surface area contributed by atoms with E-state index in [-0.39, 0.29) is 5.91 Å². The lowest BCUT2D eigenvalue weighted by Crippen LogP contribution is -2.40. The normalized spacial score (nSPS) is 18.4. The molecule has 23 heavy (non-hydrogen) atoms. The van der Waals surface area contributed by atoms with Gasteiger partial charge in [-0.1, -0.05) is 0 Å². The average Bonchev–Trinajstić information content (AvgIpc) is 3.10. The molecular weight excluding hydrogens is 290 g/mol. The zero-order chi connectivity index (χ0) is 16.4. The molecule has 124 valence electrons. The summed E-state index contributed by atoms with van der Waals surface area (Å²) in [5.74, 6) is 1.66. The van der Waals surface area contributed by atoms with Crippen molar-refractivity contribution >= 4 is 5.91 Å². The number of aromatic nitrogens is 4. The van der Waals surface area contributed by atoms with Gasteiger partial charge in [-0.3, -0.25) is 9.48 Å². The highest BCUT2D eigenvalue weighted by Gasteiger charge is 2.27. The van der Waals surface area contributed by atoms with Crippen LogP contribution in [0.4, 0.5) is 0 Å². The van der Waals surface area contributed by atoms with E-state index in [4.69, 9.17) is 0 Å². The minimum atomic E-state index is 0.218. The first-order chi connectivity index (χ1) is 11.0. The molecule has 1 atom stereocenters. The van der Waals surface area contributed by atoms with Crippen LogP contribution in [0.2, 0.25) is 0 Å². The smallest absolute Gasteiger partial charge is 0.224 e. The summed E-state index contributed by atoms with van der Waals surface area (Å²) in [7, 11) is 2.04. The number of amides is 1. The van der Waals surface area contributed by atoms with E-state index in [0.717, 1.165) is 43.1 Å². The van der Waals surface area contributed by atoms with Crippen LogP contribution in [0.15, 0.2) is 18.5 Å². The lowest BCUT2D eigenvalue weighted by atomic mass is 9.97.